The molecule has 2 N–H and O–H groups in total. The lowest BCUT2D eigenvalue weighted by molar-refractivity contribution is 0.945. The molecule has 4 aromatic rings. The van der Waals surface area contributed by atoms with E-state index in [4.69, 9.17) is 12.2 Å². The Bertz CT molecular complexity index is 1120. The number of rotatable bonds is 3. The Balaban J connectivity index is 1.88. The highest BCUT2D eigenvalue weighted by Gasteiger charge is 2.13. The molecule has 0 saturated heterocycles. The first-order chi connectivity index (χ1) is 12.1. The number of nitrogens with one attached hydrogen (secondary N) is 2. The molecule has 4 rings (SSSR count). The fraction of sp³-hybridized carbons (Fsp3) is 0.0500. The molecule has 0 bridgehead atoms. The van der Waals surface area contributed by atoms with Gasteiger partial charge in [0.2, 0.25) is 0 Å². The monoisotopic (exact) mass is 409 g/mol. The van der Waals surface area contributed by atoms with Crippen LogP contribution >= 0.6 is 28.1 Å². The summed E-state index contributed by atoms with van der Waals surface area (Å²) in [6, 6.07) is 22.7. The van der Waals surface area contributed by atoms with Gasteiger partial charge in [-0.05, 0) is 42.7 Å². The Morgan fingerprint density at radius 2 is 1.76 bits per heavy atom. The van der Waals surface area contributed by atoms with Crippen LogP contribution in [0.3, 0.4) is 0 Å². The van der Waals surface area contributed by atoms with E-state index in [1.54, 1.807) is 0 Å². The number of H-pyrrole nitrogens is 1. The van der Waals surface area contributed by atoms with E-state index in [0.717, 1.165) is 32.5 Å². The Morgan fingerprint density at radius 1 is 1.00 bits per heavy atom. The van der Waals surface area contributed by atoms with Crippen LogP contribution in [0, 0.1) is 11.7 Å². The average molecular weight is 410 g/mol. The van der Waals surface area contributed by atoms with Crippen LogP contribution in [0.2, 0.25) is 0 Å². The van der Waals surface area contributed by atoms with Crippen LogP contribution in [0.5, 0.6) is 0 Å². The highest BCUT2D eigenvalue weighted by atomic mass is 79.9. The molecule has 1 aromatic heterocycles. The standard InChI is InChI=1S/C20H16BrN3S/c1-13-19(15-8-4-9-16(21)12-15)24(20(25)22-13)23-18-11-5-7-14-6-2-3-10-17(14)18/h2-12,23H,1H3,(H,22,25). The number of imidazole rings is 1. The number of hydrogen-bond donors (Lipinski definition) is 2. The van der Waals surface area contributed by atoms with Gasteiger partial charge in [0, 0.05) is 21.1 Å². The first-order valence-corrected chi connectivity index (χ1v) is 9.16. The van der Waals surface area contributed by atoms with Crippen molar-refractivity contribution in [3.8, 4) is 11.3 Å². The predicted octanol–water partition coefficient (Wildman–Crippen LogP) is 6.31. The molecule has 0 fully saturated rings. The van der Waals surface area contributed by atoms with Crippen molar-refractivity contribution < 1.29 is 0 Å². The van der Waals surface area contributed by atoms with Gasteiger partial charge in [-0.1, -0.05) is 64.5 Å². The molecule has 1 heterocycles. The lowest BCUT2D eigenvalue weighted by atomic mass is 10.1. The predicted molar refractivity (Wildman–Crippen MR) is 110 cm³/mol. The van der Waals surface area contributed by atoms with Crippen LogP contribution in [0.1, 0.15) is 5.69 Å². The molecule has 0 unspecified atom stereocenters. The summed E-state index contributed by atoms with van der Waals surface area (Å²) in [4.78, 5) is 3.26. The number of hydrogen-bond acceptors (Lipinski definition) is 2. The van der Waals surface area contributed by atoms with Crippen LogP contribution < -0.4 is 5.43 Å². The number of aromatic nitrogens is 2. The lowest BCUT2D eigenvalue weighted by Gasteiger charge is -2.14. The van der Waals surface area contributed by atoms with Crippen molar-refractivity contribution in [3.63, 3.8) is 0 Å². The molecule has 25 heavy (non-hydrogen) atoms. The second kappa shape index (κ2) is 6.50. The van der Waals surface area contributed by atoms with Crippen molar-refractivity contribution in [2.24, 2.45) is 0 Å². The zero-order chi connectivity index (χ0) is 17.4. The van der Waals surface area contributed by atoms with Crippen LogP contribution in [0.4, 0.5) is 5.69 Å². The smallest absolute Gasteiger partial charge is 0.197 e. The number of nitrogens with zero attached hydrogens (tertiary/aromatic N) is 1. The largest absolute Gasteiger partial charge is 0.333 e. The Labute approximate surface area is 159 Å². The first kappa shape index (κ1) is 16.1. The summed E-state index contributed by atoms with van der Waals surface area (Å²) in [5.74, 6) is 0. The Kier molecular flexibility index (Phi) is 4.19. The number of anilines is 1. The fourth-order valence-electron chi connectivity index (χ4n) is 3.08. The van der Waals surface area contributed by atoms with E-state index in [1.165, 1.54) is 5.39 Å². The summed E-state index contributed by atoms with van der Waals surface area (Å²) >= 11 is 9.10. The van der Waals surface area contributed by atoms with E-state index in [2.05, 4.69) is 62.7 Å². The molecule has 0 aliphatic rings. The normalized spacial score (nSPS) is 11.0. The van der Waals surface area contributed by atoms with Crippen molar-refractivity contribution in [1.29, 1.82) is 0 Å². The van der Waals surface area contributed by atoms with Crippen LogP contribution in [0.15, 0.2) is 71.2 Å². The van der Waals surface area contributed by atoms with Crippen LogP contribution in [-0.4, -0.2) is 9.66 Å². The molecule has 0 saturated carbocycles. The van der Waals surface area contributed by atoms with Crippen molar-refractivity contribution >= 4 is 44.6 Å². The third kappa shape index (κ3) is 3.01. The average Bonchev–Trinajstić information content (AvgIpc) is 2.89. The van der Waals surface area contributed by atoms with E-state index in [9.17, 15) is 0 Å². The van der Waals surface area contributed by atoms with Crippen molar-refractivity contribution in [2.45, 2.75) is 6.92 Å². The number of fused-ring (bicyclic) bond motifs is 1. The third-order valence-electron chi connectivity index (χ3n) is 4.20. The van der Waals surface area contributed by atoms with Crippen LogP contribution in [-0.2, 0) is 0 Å². The van der Waals surface area contributed by atoms with Crippen molar-refractivity contribution in [1.82, 2.24) is 9.66 Å². The fourth-order valence-corrected chi connectivity index (χ4v) is 3.77. The topological polar surface area (TPSA) is 32.8 Å². The molecule has 0 radical (unpaired) electrons. The zero-order valence-corrected chi connectivity index (χ0v) is 16.0. The molecule has 124 valence electrons. The van der Waals surface area contributed by atoms with Gasteiger partial charge in [-0.2, -0.15) is 0 Å². The molecule has 0 amide bonds. The van der Waals surface area contributed by atoms with Crippen molar-refractivity contribution in [3.05, 3.63) is 81.7 Å². The van der Waals surface area contributed by atoms with Gasteiger partial charge >= 0.3 is 0 Å². The highest BCUT2D eigenvalue weighted by Crippen LogP contribution is 2.28. The van der Waals surface area contributed by atoms with Gasteiger partial charge in [0.25, 0.3) is 0 Å². The lowest BCUT2D eigenvalue weighted by Crippen LogP contribution is -2.11. The third-order valence-corrected chi connectivity index (χ3v) is 4.97. The SMILES string of the molecule is Cc1[nH]c(=S)n(Nc2cccc3ccccc23)c1-c1cccc(Br)c1. The second-order valence-corrected chi connectivity index (χ2v) is 7.19. The molecule has 3 aromatic carbocycles. The van der Waals surface area contributed by atoms with Gasteiger partial charge in [0.15, 0.2) is 4.77 Å². The molecular formula is C20H16BrN3S. The van der Waals surface area contributed by atoms with Gasteiger partial charge in [0.05, 0.1) is 11.4 Å². The van der Waals surface area contributed by atoms with Gasteiger partial charge in [0.1, 0.15) is 0 Å². The Morgan fingerprint density at radius 3 is 2.60 bits per heavy atom. The van der Waals surface area contributed by atoms with E-state index >= 15 is 0 Å². The van der Waals surface area contributed by atoms with Gasteiger partial charge in [-0.15, -0.1) is 0 Å². The second-order valence-electron chi connectivity index (χ2n) is 5.89. The summed E-state index contributed by atoms with van der Waals surface area (Å²) in [6.45, 7) is 2.04. The highest BCUT2D eigenvalue weighted by molar-refractivity contribution is 9.10. The van der Waals surface area contributed by atoms with E-state index in [0.29, 0.717) is 4.77 Å². The summed E-state index contributed by atoms with van der Waals surface area (Å²) in [5, 5.41) is 2.35. The molecular weight excluding hydrogens is 394 g/mol. The summed E-state index contributed by atoms with van der Waals surface area (Å²) in [5.41, 5.74) is 7.65. The molecule has 0 aliphatic heterocycles. The maximum Gasteiger partial charge on any atom is 0.197 e. The maximum absolute atomic E-state index is 5.55. The molecule has 3 nitrogen and oxygen atoms in total. The maximum atomic E-state index is 5.55. The molecule has 5 heteroatoms. The van der Waals surface area contributed by atoms with Crippen LogP contribution in [0.25, 0.3) is 22.0 Å². The molecule has 0 atom stereocenters. The minimum Gasteiger partial charge on any atom is -0.333 e. The van der Waals surface area contributed by atoms with Crippen molar-refractivity contribution in [2.75, 3.05) is 5.43 Å². The van der Waals surface area contributed by atoms with Gasteiger partial charge < -0.3 is 4.98 Å². The summed E-state index contributed by atoms with van der Waals surface area (Å²) in [6.07, 6.45) is 0. The number of benzene rings is 3. The number of aryl methyl sites for hydroxylation is 1. The van der Waals surface area contributed by atoms with E-state index < -0.39 is 0 Å². The minimum absolute atomic E-state index is 0.639. The van der Waals surface area contributed by atoms with Gasteiger partial charge in [-0.25, -0.2) is 4.68 Å². The summed E-state index contributed by atoms with van der Waals surface area (Å²) in [7, 11) is 0. The van der Waals surface area contributed by atoms with E-state index in [-0.39, 0.29) is 0 Å². The Hall–Kier alpha value is -2.37. The zero-order valence-electron chi connectivity index (χ0n) is 13.6. The molecule has 0 aliphatic carbocycles. The summed E-state index contributed by atoms with van der Waals surface area (Å²) < 4.78 is 3.61. The molecule has 0 spiro atoms. The van der Waals surface area contributed by atoms with Gasteiger partial charge in [-0.3, -0.25) is 5.43 Å². The van der Waals surface area contributed by atoms with E-state index in [1.807, 2.05) is 41.9 Å². The quantitative estimate of drug-likeness (QED) is 0.388. The number of aromatic amines is 1. The minimum atomic E-state index is 0.639. The first-order valence-electron chi connectivity index (χ1n) is 7.96. The number of halogens is 1.